The van der Waals surface area contributed by atoms with E-state index in [0.717, 1.165) is 19.5 Å². The average molecular weight is 381 g/mol. The molecule has 0 saturated heterocycles. The van der Waals surface area contributed by atoms with E-state index >= 15 is 0 Å². The highest BCUT2D eigenvalue weighted by atomic mass is 16.5. The summed E-state index contributed by atoms with van der Waals surface area (Å²) < 4.78 is 5.36. The molecule has 0 radical (unpaired) electrons. The summed E-state index contributed by atoms with van der Waals surface area (Å²) in [5.74, 6) is -0.462. The summed E-state index contributed by atoms with van der Waals surface area (Å²) in [5.41, 5.74) is 8.07. The molecule has 0 atom stereocenters. The molecule has 6 nitrogen and oxygen atoms in total. The monoisotopic (exact) mass is 381 g/mol. The smallest absolute Gasteiger partial charge is 0.255 e. The molecule has 2 aromatic rings. The first-order chi connectivity index (χ1) is 13.4. The van der Waals surface area contributed by atoms with Gasteiger partial charge in [0.05, 0.1) is 5.56 Å². The van der Waals surface area contributed by atoms with Gasteiger partial charge in [0.2, 0.25) is 0 Å². The van der Waals surface area contributed by atoms with Crippen LogP contribution in [0.3, 0.4) is 0 Å². The van der Waals surface area contributed by atoms with Crippen molar-refractivity contribution >= 4 is 11.8 Å². The molecule has 28 heavy (non-hydrogen) atoms. The number of carbonyl (C=O) groups is 2. The van der Waals surface area contributed by atoms with E-state index in [1.54, 1.807) is 24.3 Å². The molecular weight excluding hydrogens is 354 g/mol. The van der Waals surface area contributed by atoms with Crippen molar-refractivity contribution in [2.75, 3.05) is 19.7 Å². The van der Waals surface area contributed by atoms with Gasteiger partial charge in [-0.05, 0) is 43.5 Å². The topological polar surface area (TPSA) is 84.7 Å². The number of carbonyl (C=O) groups excluding carboxylic acids is 2. The van der Waals surface area contributed by atoms with Gasteiger partial charge in [-0.15, -0.1) is 0 Å². The average Bonchev–Trinajstić information content (AvgIpc) is 2.70. The molecule has 1 heterocycles. The minimum atomic E-state index is -0.582. The first-order valence-electron chi connectivity index (χ1n) is 9.47. The molecule has 6 heteroatoms. The lowest BCUT2D eigenvalue weighted by atomic mass is 9.94. The molecule has 0 fully saturated rings. The Labute approximate surface area is 165 Å². The molecule has 148 valence electrons. The van der Waals surface area contributed by atoms with Gasteiger partial charge in [-0.1, -0.05) is 36.4 Å². The summed E-state index contributed by atoms with van der Waals surface area (Å²) in [5, 5.41) is 3.01. The second kappa shape index (κ2) is 8.44. The maximum atomic E-state index is 12.7. The van der Waals surface area contributed by atoms with Crippen molar-refractivity contribution in [3.63, 3.8) is 0 Å². The number of ether oxygens (including phenoxy) is 1. The van der Waals surface area contributed by atoms with Crippen LogP contribution in [-0.2, 0) is 17.8 Å². The zero-order valence-electron chi connectivity index (χ0n) is 16.4. The Morgan fingerprint density at radius 3 is 2.54 bits per heavy atom. The standard InChI is InChI=1S/C22H27N3O3/c1-22(2,25-12-11-16-7-3-4-8-17(16)13-25)15-24-21(27)18-9-5-6-10-19(18)28-14-20(23)26/h3-10H,11-15H2,1-2H3,(H2,23,26)(H,24,27). The van der Waals surface area contributed by atoms with E-state index in [4.69, 9.17) is 10.5 Å². The third kappa shape index (κ3) is 4.70. The molecule has 3 rings (SSSR count). The third-order valence-electron chi connectivity index (χ3n) is 5.17. The maximum absolute atomic E-state index is 12.7. The highest BCUT2D eigenvalue weighted by Crippen LogP contribution is 2.25. The van der Waals surface area contributed by atoms with E-state index in [1.807, 2.05) is 0 Å². The van der Waals surface area contributed by atoms with Gasteiger partial charge >= 0.3 is 0 Å². The Hall–Kier alpha value is -2.86. The zero-order valence-corrected chi connectivity index (χ0v) is 16.4. The van der Waals surface area contributed by atoms with Crippen LogP contribution in [0.1, 0.15) is 35.3 Å². The van der Waals surface area contributed by atoms with Gasteiger partial charge < -0.3 is 15.8 Å². The summed E-state index contributed by atoms with van der Waals surface area (Å²) in [6.07, 6.45) is 1.01. The van der Waals surface area contributed by atoms with Crippen LogP contribution in [0.4, 0.5) is 0 Å². The fourth-order valence-corrected chi connectivity index (χ4v) is 3.44. The second-order valence-corrected chi connectivity index (χ2v) is 7.69. The van der Waals surface area contributed by atoms with Crippen molar-refractivity contribution in [3.05, 3.63) is 65.2 Å². The number of benzene rings is 2. The highest BCUT2D eigenvalue weighted by Gasteiger charge is 2.30. The largest absolute Gasteiger partial charge is 0.483 e. The molecule has 0 aliphatic carbocycles. The minimum absolute atomic E-state index is 0.202. The van der Waals surface area contributed by atoms with E-state index in [0.29, 0.717) is 17.9 Å². The Balaban J connectivity index is 1.63. The van der Waals surface area contributed by atoms with Crippen LogP contribution in [-0.4, -0.2) is 41.9 Å². The van der Waals surface area contributed by atoms with Crippen molar-refractivity contribution in [1.29, 1.82) is 0 Å². The first kappa shape index (κ1) is 19.9. The summed E-state index contributed by atoms with van der Waals surface area (Å²) in [6.45, 7) is 6.34. The number of hydrogen-bond donors (Lipinski definition) is 2. The molecule has 2 aromatic carbocycles. The predicted molar refractivity (Wildman–Crippen MR) is 108 cm³/mol. The van der Waals surface area contributed by atoms with Crippen LogP contribution >= 0.6 is 0 Å². The van der Waals surface area contributed by atoms with Gasteiger partial charge in [0.15, 0.2) is 6.61 Å². The van der Waals surface area contributed by atoms with Gasteiger partial charge in [-0.25, -0.2) is 0 Å². The quantitative estimate of drug-likeness (QED) is 0.769. The summed E-state index contributed by atoms with van der Waals surface area (Å²) in [6, 6.07) is 15.4. The molecular formula is C22H27N3O3. The minimum Gasteiger partial charge on any atom is -0.483 e. The van der Waals surface area contributed by atoms with Crippen molar-refractivity contribution in [3.8, 4) is 5.75 Å². The predicted octanol–water partition coefficient (Wildman–Crippen LogP) is 2.12. The number of fused-ring (bicyclic) bond motifs is 1. The number of primary amides is 1. The van der Waals surface area contributed by atoms with Gasteiger partial charge in [-0.2, -0.15) is 0 Å². The molecule has 1 aliphatic rings. The highest BCUT2D eigenvalue weighted by molar-refractivity contribution is 5.97. The van der Waals surface area contributed by atoms with Crippen LogP contribution in [0.15, 0.2) is 48.5 Å². The lowest BCUT2D eigenvalue weighted by Gasteiger charge is -2.41. The number of nitrogens with zero attached hydrogens (tertiary/aromatic N) is 1. The number of amides is 2. The lowest BCUT2D eigenvalue weighted by molar-refractivity contribution is -0.119. The molecule has 0 saturated carbocycles. The fourth-order valence-electron chi connectivity index (χ4n) is 3.44. The number of hydrogen-bond acceptors (Lipinski definition) is 4. The molecule has 1 aliphatic heterocycles. The summed E-state index contributed by atoms with van der Waals surface area (Å²) in [4.78, 5) is 26.1. The SMILES string of the molecule is CC(C)(CNC(=O)c1ccccc1OCC(N)=O)N1CCc2ccccc2C1. The van der Waals surface area contributed by atoms with Crippen LogP contribution in [0, 0.1) is 0 Å². The molecule has 3 N–H and O–H groups in total. The Kier molecular flexibility index (Phi) is 5.99. The van der Waals surface area contributed by atoms with Crippen LogP contribution in [0.2, 0.25) is 0 Å². The van der Waals surface area contributed by atoms with Crippen molar-refractivity contribution in [2.24, 2.45) is 5.73 Å². The molecule has 2 amide bonds. The third-order valence-corrected chi connectivity index (χ3v) is 5.17. The fraction of sp³-hybridized carbons (Fsp3) is 0.364. The Morgan fingerprint density at radius 1 is 1.11 bits per heavy atom. The normalized spacial score (nSPS) is 14.2. The van der Waals surface area contributed by atoms with Gasteiger partial charge in [0.1, 0.15) is 5.75 Å². The maximum Gasteiger partial charge on any atom is 0.255 e. The van der Waals surface area contributed by atoms with Crippen molar-refractivity contribution in [2.45, 2.75) is 32.4 Å². The van der Waals surface area contributed by atoms with E-state index in [-0.39, 0.29) is 18.1 Å². The molecule has 0 spiro atoms. The lowest BCUT2D eigenvalue weighted by Crippen LogP contribution is -2.53. The Bertz CT molecular complexity index is 864. The van der Waals surface area contributed by atoms with Gasteiger partial charge in [0.25, 0.3) is 11.8 Å². The van der Waals surface area contributed by atoms with Crippen LogP contribution in [0.25, 0.3) is 0 Å². The molecule has 0 unspecified atom stereocenters. The van der Waals surface area contributed by atoms with Crippen molar-refractivity contribution in [1.82, 2.24) is 10.2 Å². The van der Waals surface area contributed by atoms with Crippen LogP contribution in [0.5, 0.6) is 5.75 Å². The molecule has 0 bridgehead atoms. The van der Waals surface area contributed by atoms with E-state index in [2.05, 4.69) is 48.3 Å². The van der Waals surface area contributed by atoms with E-state index in [1.165, 1.54) is 11.1 Å². The van der Waals surface area contributed by atoms with Gasteiger partial charge in [0, 0.05) is 25.2 Å². The van der Waals surface area contributed by atoms with Crippen molar-refractivity contribution < 1.29 is 14.3 Å². The molecule has 0 aromatic heterocycles. The first-order valence-corrected chi connectivity index (χ1v) is 9.47. The van der Waals surface area contributed by atoms with E-state index in [9.17, 15) is 9.59 Å². The summed E-state index contributed by atoms with van der Waals surface area (Å²) in [7, 11) is 0. The van der Waals surface area contributed by atoms with E-state index < -0.39 is 5.91 Å². The van der Waals surface area contributed by atoms with Crippen LogP contribution < -0.4 is 15.8 Å². The number of nitrogens with two attached hydrogens (primary N) is 1. The Morgan fingerprint density at radius 2 is 1.79 bits per heavy atom. The zero-order chi connectivity index (χ0) is 20.1. The number of nitrogens with one attached hydrogen (secondary N) is 1. The second-order valence-electron chi connectivity index (χ2n) is 7.69. The summed E-state index contributed by atoms with van der Waals surface area (Å²) >= 11 is 0. The number of para-hydroxylation sites is 1. The van der Waals surface area contributed by atoms with Gasteiger partial charge in [-0.3, -0.25) is 14.5 Å². The number of rotatable bonds is 7.